The first-order valence-electron chi connectivity index (χ1n) is 5.61. The van der Waals surface area contributed by atoms with E-state index in [9.17, 15) is 13.2 Å². The van der Waals surface area contributed by atoms with Crippen molar-refractivity contribution in [2.75, 3.05) is 0 Å². The average molecular weight is 238 g/mol. The van der Waals surface area contributed by atoms with Gasteiger partial charge < -0.3 is 5.11 Å². The number of allylic oxidation sites excluding steroid dienone is 1. The Hall–Kier alpha value is -0.510. The molecule has 0 aromatic rings. The standard InChI is InChI=1S/C12H21F3O/c1-10(2)8-6-4-5-7-9-11(3,16)12(13,14)15/h5,7,10,16H,4,6,8-9H2,1-3H3. The molecule has 0 amide bonds. The maximum atomic E-state index is 12.2. The number of aliphatic hydroxyl groups is 1. The van der Waals surface area contributed by atoms with E-state index >= 15 is 0 Å². The van der Waals surface area contributed by atoms with Crippen molar-refractivity contribution in [2.24, 2.45) is 5.92 Å². The topological polar surface area (TPSA) is 20.2 Å². The molecule has 0 saturated heterocycles. The zero-order valence-electron chi connectivity index (χ0n) is 10.1. The maximum absolute atomic E-state index is 12.2. The van der Waals surface area contributed by atoms with Crippen molar-refractivity contribution in [3.05, 3.63) is 12.2 Å². The molecule has 16 heavy (non-hydrogen) atoms. The molecule has 0 aromatic carbocycles. The van der Waals surface area contributed by atoms with Gasteiger partial charge in [-0.3, -0.25) is 0 Å². The van der Waals surface area contributed by atoms with E-state index in [1.165, 1.54) is 6.08 Å². The molecule has 0 spiro atoms. The van der Waals surface area contributed by atoms with Crippen molar-refractivity contribution in [1.82, 2.24) is 0 Å². The van der Waals surface area contributed by atoms with Crippen molar-refractivity contribution in [3.63, 3.8) is 0 Å². The number of unbranched alkanes of at least 4 members (excludes halogenated alkanes) is 1. The van der Waals surface area contributed by atoms with E-state index in [2.05, 4.69) is 13.8 Å². The van der Waals surface area contributed by atoms with Crippen LogP contribution in [0.1, 0.15) is 46.5 Å². The van der Waals surface area contributed by atoms with E-state index in [0.717, 1.165) is 26.2 Å². The van der Waals surface area contributed by atoms with Gasteiger partial charge in [-0.2, -0.15) is 13.2 Å². The number of hydrogen-bond acceptors (Lipinski definition) is 1. The second kappa shape index (κ2) is 6.28. The van der Waals surface area contributed by atoms with Crippen LogP contribution in [0, 0.1) is 5.92 Å². The Labute approximate surface area is 95.4 Å². The molecule has 0 rings (SSSR count). The van der Waals surface area contributed by atoms with Gasteiger partial charge in [0.1, 0.15) is 0 Å². The van der Waals surface area contributed by atoms with E-state index in [-0.39, 0.29) is 6.42 Å². The van der Waals surface area contributed by atoms with Crippen molar-refractivity contribution in [1.29, 1.82) is 0 Å². The monoisotopic (exact) mass is 238 g/mol. The summed E-state index contributed by atoms with van der Waals surface area (Å²) >= 11 is 0. The van der Waals surface area contributed by atoms with Gasteiger partial charge in [-0.05, 0) is 25.7 Å². The molecule has 0 saturated carbocycles. The zero-order valence-corrected chi connectivity index (χ0v) is 10.1. The predicted octanol–water partition coefficient (Wildman–Crippen LogP) is 4.07. The molecule has 96 valence electrons. The highest BCUT2D eigenvalue weighted by atomic mass is 19.4. The van der Waals surface area contributed by atoms with Gasteiger partial charge >= 0.3 is 6.18 Å². The molecule has 1 unspecified atom stereocenters. The van der Waals surface area contributed by atoms with Crippen molar-refractivity contribution < 1.29 is 18.3 Å². The molecule has 0 bridgehead atoms. The summed E-state index contributed by atoms with van der Waals surface area (Å²) in [6, 6.07) is 0. The Morgan fingerprint density at radius 2 is 1.75 bits per heavy atom. The van der Waals surface area contributed by atoms with Crippen molar-refractivity contribution in [2.45, 2.75) is 58.2 Å². The van der Waals surface area contributed by atoms with Crippen LogP contribution in [0.5, 0.6) is 0 Å². The predicted molar refractivity (Wildman–Crippen MR) is 59.1 cm³/mol. The molecule has 0 aliphatic heterocycles. The lowest BCUT2D eigenvalue weighted by atomic mass is 10.0. The molecule has 0 heterocycles. The fourth-order valence-electron chi connectivity index (χ4n) is 1.19. The molecular formula is C12H21F3O. The second-order valence-corrected chi connectivity index (χ2v) is 4.77. The van der Waals surface area contributed by atoms with Gasteiger partial charge in [-0.15, -0.1) is 0 Å². The van der Waals surface area contributed by atoms with Gasteiger partial charge in [0, 0.05) is 6.42 Å². The summed E-state index contributed by atoms with van der Waals surface area (Å²) in [7, 11) is 0. The van der Waals surface area contributed by atoms with Crippen LogP contribution in [0.4, 0.5) is 13.2 Å². The third kappa shape index (κ3) is 6.16. The van der Waals surface area contributed by atoms with Crippen LogP contribution in [-0.2, 0) is 0 Å². The van der Waals surface area contributed by atoms with Gasteiger partial charge in [0.15, 0.2) is 5.60 Å². The van der Waals surface area contributed by atoms with Crippen LogP contribution in [-0.4, -0.2) is 16.9 Å². The lowest BCUT2D eigenvalue weighted by Gasteiger charge is -2.24. The van der Waals surface area contributed by atoms with Gasteiger partial charge in [0.05, 0.1) is 0 Å². The number of halogens is 3. The molecule has 0 radical (unpaired) electrons. The van der Waals surface area contributed by atoms with Crippen LogP contribution in [0.15, 0.2) is 12.2 Å². The Morgan fingerprint density at radius 1 is 1.19 bits per heavy atom. The van der Waals surface area contributed by atoms with Gasteiger partial charge in [-0.25, -0.2) is 0 Å². The summed E-state index contributed by atoms with van der Waals surface area (Å²) in [4.78, 5) is 0. The smallest absolute Gasteiger partial charge is 0.380 e. The van der Waals surface area contributed by atoms with Gasteiger partial charge in [0.2, 0.25) is 0 Å². The quantitative estimate of drug-likeness (QED) is 0.546. The van der Waals surface area contributed by atoms with E-state index in [1.807, 2.05) is 0 Å². The maximum Gasteiger partial charge on any atom is 0.417 e. The summed E-state index contributed by atoms with van der Waals surface area (Å²) in [5.41, 5.74) is -2.61. The van der Waals surface area contributed by atoms with Crippen LogP contribution < -0.4 is 0 Å². The fourth-order valence-corrected chi connectivity index (χ4v) is 1.19. The Bertz CT molecular complexity index is 217. The number of rotatable bonds is 6. The first-order valence-corrected chi connectivity index (χ1v) is 5.61. The molecule has 0 aliphatic carbocycles. The second-order valence-electron chi connectivity index (χ2n) is 4.77. The van der Waals surface area contributed by atoms with Gasteiger partial charge in [0.25, 0.3) is 0 Å². The molecule has 1 N–H and O–H groups in total. The van der Waals surface area contributed by atoms with Crippen LogP contribution in [0.25, 0.3) is 0 Å². The van der Waals surface area contributed by atoms with E-state index < -0.39 is 11.8 Å². The van der Waals surface area contributed by atoms with Crippen LogP contribution in [0.2, 0.25) is 0 Å². The van der Waals surface area contributed by atoms with Crippen molar-refractivity contribution in [3.8, 4) is 0 Å². The molecule has 4 heteroatoms. The zero-order chi connectivity index (χ0) is 12.8. The Balaban J connectivity index is 3.84. The first-order chi connectivity index (χ1) is 7.17. The number of hydrogen-bond donors (Lipinski definition) is 1. The Kier molecular flexibility index (Phi) is 6.08. The van der Waals surface area contributed by atoms with E-state index in [0.29, 0.717) is 5.92 Å². The molecule has 1 atom stereocenters. The van der Waals surface area contributed by atoms with Crippen LogP contribution >= 0.6 is 0 Å². The Morgan fingerprint density at radius 3 is 2.19 bits per heavy atom. The minimum atomic E-state index is -4.56. The summed E-state index contributed by atoms with van der Waals surface area (Å²) < 4.78 is 36.7. The largest absolute Gasteiger partial charge is 0.417 e. The van der Waals surface area contributed by atoms with Crippen LogP contribution in [0.3, 0.4) is 0 Å². The van der Waals surface area contributed by atoms with E-state index in [4.69, 9.17) is 5.11 Å². The minimum Gasteiger partial charge on any atom is -0.380 e. The summed E-state index contributed by atoms with van der Waals surface area (Å²) in [6.07, 6.45) is 0.998. The summed E-state index contributed by atoms with van der Waals surface area (Å²) in [6.45, 7) is 5.02. The van der Waals surface area contributed by atoms with Gasteiger partial charge in [-0.1, -0.05) is 32.4 Å². The number of alkyl halides is 3. The average Bonchev–Trinajstić information content (AvgIpc) is 2.08. The third-order valence-electron chi connectivity index (χ3n) is 2.44. The van der Waals surface area contributed by atoms with E-state index in [1.54, 1.807) is 6.08 Å². The van der Waals surface area contributed by atoms with Crippen molar-refractivity contribution >= 4 is 0 Å². The summed E-state index contributed by atoms with van der Waals surface area (Å²) in [5, 5.41) is 9.12. The minimum absolute atomic E-state index is 0.377. The molecular weight excluding hydrogens is 217 g/mol. The normalized spacial score (nSPS) is 17.0. The highest BCUT2D eigenvalue weighted by Gasteiger charge is 2.48. The lowest BCUT2D eigenvalue weighted by molar-refractivity contribution is -0.251. The molecule has 0 aliphatic rings. The summed E-state index contributed by atoms with van der Waals surface area (Å²) in [5.74, 6) is 0.617. The highest BCUT2D eigenvalue weighted by molar-refractivity contribution is 4.93. The third-order valence-corrected chi connectivity index (χ3v) is 2.44. The first kappa shape index (κ1) is 15.5. The molecule has 0 fully saturated rings. The SMILES string of the molecule is CC(C)CCCC=CCC(C)(O)C(F)(F)F. The molecule has 1 nitrogen and oxygen atoms in total. The fraction of sp³-hybridized carbons (Fsp3) is 0.833. The lowest BCUT2D eigenvalue weighted by Crippen LogP contribution is -2.41. The highest BCUT2D eigenvalue weighted by Crippen LogP contribution is 2.32. The molecule has 0 aromatic heterocycles.